The Hall–Kier alpha value is 0.426. The van der Waals surface area contributed by atoms with Crippen molar-refractivity contribution in [3.05, 3.63) is 58.3 Å². The van der Waals surface area contributed by atoms with E-state index in [1.807, 2.05) is 0 Å². The van der Waals surface area contributed by atoms with Gasteiger partial charge in [0.15, 0.2) is 0 Å². The molecule has 0 bridgehead atoms. The molecule has 0 aliphatic carbocycles. The minimum absolute atomic E-state index is 0. The van der Waals surface area contributed by atoms with Gasteiger partial charge in [-0.3, -0.25) is 9.97 Å². The fourth-order valence-corrected chi connectivity index (χ4v) is 19.1. The zero-order chi connectivity index (χ0) is 27.1. The van der Waals surface area contributed by atoms with Gasteiger partial charge in [-0.05, 0) is 24.3 Å². The molecule has 0 atom stereocenters. The summed E-state index contributed by atoms with van der Waals surface area (Å²) >= 11 is 0. The van der Waals surface area contributed by atoms with Gasteiger partial charge in [0.05, 0.1) is 14.2 Å². The van der Waals surface area contributed by atoms with E-state index < -0.39 is 32.9 Å². The van der Waals surface area contributed by atoms with Crippen LogP contribution in [0.4, 0.5) is 0 Å². The van der Waals surface area contributed by atoms with Crippen LogP contribution in [0.1, 0.15) is 0 Å². The molecular weight excluding hydrogens is 664 g/mol. The normalized spacial score (nSPS) is 10.3. The SMILES string of the molecule is COc1ccncc1.COc1ccncc1.C[Si](C)(C)[N-][Si](C)(C)C.C[Si](C)(C)[N-][Si](C)(C)C.[Fe+3].[Fe+3].[S-2].[S-2]. The van der Waals surface area contributed by atoms with Crippen LogP contribution < -0.4 is 9.47 Å². The number of aromatic nitrogens is 2. The van der Waals surface area contributed by atoms with Crippen LogP contribution in [0.2, 0.25) is 78.6 Å². The smallest absolute Gasteiger partial charge is 2.00 e. The molecule has 38 heavy (non-hydrogen) atoms. The summed E-state index contributed by atoms with van der Waals surface area (Å²) in [6.45, 7) is 27.6. The van der Waals surface area contributed by atoms with E-state index in [4.69, 9.17) is 18.8 Å². The van der Waals surface area contributed by atoms with E-state index in [2.05, 4.69) is 88.5 Å². The maximum absolute atomic E-state index is 4.87. The van der Waals surface area contributed by atoms with Crippen molar-refractivity contribution in [2.75, 3.05) is 14.2 Å². The third-order valence-corrected chi connectivity index (χ3v) is 13.8. The molecule has 222 valence electrons. The number of pyridine rings is 2. The number of hydrogen-bond donors (Lipinski definition) is 0. The molecule has 6 nitrogen and oxygen atoms in total. The van der Waals surface area contributed by atoms with Crippen molar-refractivity contribution in [2.24, 2.45) is 0 Å². The predicted molar refractivity (Wildman–Crippen MR) is 176 cm³/mol. The van der Waals surface area contributed by atoms with Crippen LogP contribution in [-0.4, -0.2) is 57.1 Å². The van der Waals surface area contributed by atoms with Crippen molar-refractivity contribution in [1.29, 1.82) is 0 Å². The van der Waals surface area contributed by atoms with E-state index in [0.717, 1.165) is 11.5 Å². The third-order valence-electron chi connectivity index (χ3n) is 3.11. The maximum atomic E-state index is 4.87. The Morgan fingerprint density at radius 2 is 0.658 bits per heavy atom. The van der Waals surface area contributed by atoms with E-state index in [0.29, 0.717) is 0 Å². The molecule has 0 amide bonds. The Kier molecular flexibility index (Phi) is 33.9. The average molecular weight is 715 g/mol. The summed E-state index contributed by atoms with van der Waals surface area (Å²) in [6.07, 6.45) is 6.77. The van der Waals surface area contributed by atoms with E-state index in [-0.39, 0.29) is 61.1 Å². The average Bonchev–Trinajstić information content (AvgIpc) is 2.65. The van der Waals surface area contributed by atoms with Crippen molar-refractivity contribution in [3.8, 4) is 11.5 Å². The summed E-state index contributed by atoms with van der Waals surface area (Å²) in [5.74, 6) is 1.69. The second-order valence-corrected chi connectivity index (χ2v) is 30.8. The molecule has 0 saturated heterocycles. The Morgan fingerprint density at radius 3 is 0.737 bits per heavy atom. The zero-order valence-electron chi connectivity index (χ0n) is 25.7. The summed E-state index contributed by atoms with van der Waals surface area (Å²) in [5.41, 5.74) is 0. The third kappa shape index (κ3) is 43.5. The van der Waals surface area contributed by atoms with Crippen molar-refractivity contribution in [3.63, 3.8) is 0 Å². The molecule has 0 N–H and O–H groups in total. The van der Waals surface area contributed by atoms with Crippen molar-refractivity contribution >= 4 is 59.9 Å². The first-order valence-electron chi connectivity index (χ1n) is 11.6. The molecule has 0 unspecified atom stereocenters. The summed E-state index contributed by atoms with van der Waals surface area (Å²) < 4.78 is 19.4. The van der Waals surface area contributed by atoms with Gasteiger partial charge >= 0.3 is 34.1 Å². The number of nitrogens with zero attached hydrogens (tertiary/aromatic N) is 4. The maximum Gasteiger partial charge on any atom is 3.00 e. The quantitative estimate of drug-likeness (QED) is 0.283. The monoisotopic (exact) mass is 714 g/mol. The van der Waals surface area contributed by atoms with Gasteiger partial charge in [0.1, 0.15) is 11.5 Å². The van der Waals surface area contributed by atoms with Gasteiger partial charge in [0.25, 0.3) is 0 Å². The largest absolute Gasteiger partial charge is 3.00 e. The van der Waals surface area contributed by atoms with Gasteiger partial charge in [0.2, 0.25) is 0 Å². The van der Waals surface area contributed by atoms with Crippen LogP contribution in [-0.2, 0) is 61.1 Å². The van der Waals surface area contributed by atoms with Gasteiger partial charge < -0.3 is 45.8 Å². The van der Waals surface area contributed by atoms with E-state index in [9.17, 15) is 0 Å². The van der Waals surface area contributed by atoms with Gasteiger partial charge in [-0.15, -0.1) is 0 Å². The summed E-state index contributed by atoms with van der Waals surface area (Å²) in [4.78, 5) is 7.63. The molecule has 0 aliphatic heterocycles. The molecule has 0 aliphatic rings. The Labute approximate surface area is 274 Å². The molecule has 2 aromatic rings. The molecule has 0 saturated carbocycles. The molecule has 0 spiro atoms. The Balaban J connectivity index is -0.0000000868. The van der Waals surface area contributed by atoms with Crippen LogP contribution in [0.25, 0.3) is 9.30 Å². The van der Waals surface area contributed by atoms with Crippen LogP contribution in [0.5, 0.6) is 11.5 Å². The summed E-state index contributed by atoms with van der Waals surface area (Å²) in [7, 11) is -1.16. The van der Waals surface area contributed by atoms with Gasteiger partial charge in [-0.2, -0.15) is 0 Å². The fraction of sp³-hybridized carbons (Fsp3) is 0.583. The molecule has 2 heterocycles. The second-order valence-electron chi connectivity index (χ2n) is 11.7. The topological polar surface area (TPSA) is 72.4 Å². The number of hydrogen-bond acceptors (Lipinski definition) is 4. The zero-order valence-corrected chi connectivity index (χ0v) is 33.6. The van der Waals surface area contributed by atoms with E-state index >= 15 is 0 Å². The molecule has 14 heteroatoms. The summed E-state index contributed by atoms with van der Waals surface area (Å²) in [5, 5.41) is 0. The number of ether oxygens (including phenoxy) is 2. The first-order valence-corrected chi connectivity index (χ1v) is 25.4. The van der Waals surface area contributed by atoms with Crippen LogP contribution in [0.3, 0.4) is 0 Å². The molecule has 2 aromatic heterocycles. The first kappa shape index (κ1) is 51.2. The predicted octanol–water partition coefficient (Wildman–Crippen LogP) is 8.23. The molecule has 0 aromatic carbocycles. The van der Waals surface area contributed by atoms with Crippen molar-refractivity contribution in [1.82, 2.24) is 9.97 Å². The van der Waals surface area contributed by atoms with E-state index in [1.165, 1.54) is 0 Å². The Bertz CT molecular complexity index is 673. The Morgan fingerprint density at radius 1 is 0.474 bits per heavy atom. The van der Waals surface area contributed by atoms with Crippen LogP contribution in [0.15, 0.2) is 49.1 Å². The summed E-state index contributed by atoms with van der Waals surface area (Å²) in [6, 6.07) is 7.22. The van der Waals surface area contributed by atoms with Crippen molar-refractivity contribution in [2.45, 2.75) is 78.6 Å². The fourth-order valence-electron chi connectivity index (χ4n) is 2.96. The van der Waals surface area contributed by atoms with Crippen LogP contribution in [0, 0.1) is 0 Å². The van der Waals surface area contributed by atoms with Crippen molar-refractivity contribution < 1.29 is 43.6 Å². The van der Waals surface area contributed by atoms with Gasteiger partial charge in [-0.1, -0.05) is 112 Å². The minimum atomic E-state index is -1.11. The molecular formula is C24H50Fe2N4O2S2Si4. The molecule has 0 fully saturated rings. The van der Waals surface area contributed by atoms with Gasteiger partial charge in [-0.25, -0.2) is 0 Å². The molecule has 2 radical (unpaired) electrons. The van der Waals surface area contributed by atoms with E-state index in [1.54, 1.807) is 63.3 Å². The number of rotatable bonds is 6. The first-order chi connectivity index (χ1) is 15.3. The minimum Gasteiger partial charge on any atom is -2.00 e. The van der Waals surface area contributed by atoms with Crippen LogP contribution >= 0.6 is 0 Å². The molecule has 2 rings (SSSR count). The number of methoxy groups -OCH3 is 2. The van der Waals surface area contributed by atoms with Gasteiger partial charge in [0, 0.05) is 24.8 Å². The second kappa shape index (κ2) is 25.2. The standard InChI is InChI=1S/2C6H7NO.2C6H18NSi2.2Fe.2S/c2*1-8-6-2-4-7-5-3-6;2*1-8(2,3)7-9(4,5)6;;;;/h2*2-5H,1H3;2*1-6H3;;;;/q;;2*-1;2*+3;2*-2.